The molecule has 3 heteroatoms. The Balaban J connectivity index is 2.33. The highest BCUT2D eigenvalue weighted by Gasteiger charge is 2.16. The first-order valence-electron chi connectivity index (χ1n) is 4.67. The Morgan fingerprint density at radius 2 is 2.31 bits per heavy atom. The molecule has 1 saturated heterocycles. The summed E-state index contributed by atoms with van der Waals surface area (Å²) in [4.78, 5) is 13.9. The van der Waals surface area contributed by atoms with Gasteiger partial charge >= 0.3 is 0 Å². The van der Waals surface area contributed by atoms with Crippen molar-refractivity contribution in [2.45, 2.75) is 19.3 Å². The highest BCUT2D eigenvalue weighted by atomic mass is 16.1. The lowest BCUT2D eigenvalue weighted by atomic mass is 9.99. The van der Waals surface area contributed by atoms with Crippen LogP contribution in [0.15, 0.2) is 16.9 Å². The van der Waals surface area contributed by atoms with Crippen LogP contribution in [0, 0.1) is 6.92 Å². The molecule has 3 nitrogen and oxygen atoms in total. The van der Waals surface area contributed by atoms with E-state index in [4.69, 9.17) is 0 Å². The van der Waals surface area contributed by atoms with Crippen molar-refractivity contribution in [3.05, 3.63) is 33.7 Å². The minimum absolute atomic E-state index is 0.0156. The summed E-state index contributed by atoms with van der Waals surface area (Å²) >= 11 is 0. The molecule has 2 heterocycles. The van der Waals surface area contributed by atoms with Gasteiger partial charge in [0.25, 0.3) is 0 Å². The standard InChI is InChI=1S/C10H14N2O/c1-7-4-9(5-10(13)12-7)8-2-3-11-6-8/h4-5,8,11H,2-3,6H2,1H3,(H,12,13). The van der Waals surface area contributed by atoms with E-state index in [2.05, 4.69) is 16.4 Å². The van der Waals surface area contributed by atoms with Crippen LogP contribution in [0.4, 0.5) is 0 Å². The number of aromatic nitrogens is 1. The van der Waals surface area contributed by atoms with Crippen molar-refractivity contribution < 1.29 is 0 Å². The molecular weight excluding hydrogens is 164 g/mol. The van der Waals surface area contributed by atoms with E-state index < -0.39 is 0 Å². The van der Waals surface area contributed by atoms with Crippen molar-refractivity contribution >= 4 is 0 Å². The summed E-state index contributed by atoms with van der Waals surface area (Å²) in [5, 5.41) is 3.30. The molecule has 1 atom stereocenters. The van der Waals surface area contributed by atoms with Crippen LogP contribution in [0.5, 0.6) is 0 Å². The van der Waals surface area contributed by atoms with Crippen LogP contribution < -0.4 is 10.9 Å². The molecule has 0 radical (unpaired) electrons. The largest absolute Gasteiger partial charge is 0.327 e. The Hall–Kier alpha value is -1.09. The van der Waals surface area contributed by atoms with E-state index in [-0.39, 0.29) is 5.56 Å². The van der Waals surface area contributed by atoms with Gasteiger partial charge in [-0.1, -0.05) is 0 Å². The minimum Gasteiger partial charge on any atom is -0.327 e. The molecule has 0 bridgehead atoms. The summed E-state index contributed by atoms with van der Waals surface area (Å²) in [5.74, 6) is 0.529. The van der Waals surface area contributed by atoms with Crippen molar-refractivity contribution in [1.29, 1.82) is 0 Å². The number of pyridine rings is 1. The second-order valence-corrected chi connectivity index (χ2v) is 3.65. The molecule has 13 heavy (non-hydrogen) atoms. The van der Waals surface area contributed by atoms with Crippen LogP contribution in [0.1, 0.15) is 23.6 Å². The predicted octanol–water partition coefficient (Wildman–Crippen LogP) is 0.760. The van der Waals surface area contributed by atoms with Gasteiger partial charge < -0.3 is 10.3 Å². The van der Waals surface area contributed by atoms with Crippen molar-refractivity contribution in [3.8, 4) is 0 Å². The van der Waals surface area contributed by atoms with Crippen LogP contribution in [-0.4, -0.2) is 18.1 Å². The van der Waals surface area contributed by atoms with E-state index in [0.717, 1.165) is 25.2 Å². The lowest BCUT2D eigenvalue weighted by Crippen LogP contribution is -2.12. The van der Waals surface area contributed by atoms with Gasteiger partial charge in [0.1, 0.15) is 0 Å². The molecule has 2 rings (SSSR count). The lowest BCUT2D eigenvalue weighted by molar-refractivity contribution is 0.758. The van der Waals surface area contributed by atoms with Crippen LogP contribution in [0.25, 0.3) is 0 Å². The van der Waals surface area contributed by atoms with Gasteiger partial charge in [0.15, 0.2) is 0 Å². The molecule has 2 N–H and O–H groups in total. The monoisotopic (exact) mass is 178 g/mol. The van der Waals surface area contributed by atoms with E-state index >= 15 is 0 Å². The van der Waals surface area contributed by atoms with Crippen LogP contribution in [0.2, 0.25) is 0 Å². The fourth-order valence-electron chi connectivity index (χ4n) is 1.88. The summed E-state index contributed by atoms with van der Waals surface area (Å²) in [5.41, 5.74) is 2.14. The van der Waals surface area contributed by atoms with Gasteiger partial charge in [-0.05, 0) is 37.4 Å². The topological polar surface area (TPSA) is 44.9 Å². The van der Waals surface area contributed by atoms with E-state index in [0.29, 0.717) is 5.92 Å². The van der Waals surface area contributed by atoms with E-state index in [1.807, 2.05) is 6.92 Å². The Morgan fingerprint density at radius 3 is 2.92 bits per heavy atom. The molecule has 1 fully saturated rings. The maximum atomic E-state index is 11.2. The first kappa shape index (κ1) is 8.51. The summed E-state index contributed by atoms with van der Waals surface area (Å²) < 4.78 is 0. The second kappa shape index (κ2) is 3.34. The van der Waals surface area contributed by atoms with E-state index in [1.54, 1.807) is 6.07 Å². The molecule has 1 unspecified atom stereocenters. The summed E-state index contributed by atoms with van der Waals surface area (Å²) in [6, 6.07) is 3.78. The second-order valence-electron chi connectivity index (χ2n) is 3.65. The Bertz CT molecular complexity index is 350. The molecular formula is C10H14N2O. The first-order chi connectivity index (χ1) is 6.25. The van der Waals surface area contributed by atoms with Gasteiger partial charge in [-0.25, -0.2) is 0 Å². The number of hydrogen-bond acceptors (Lipinski definition) is 2. The smallest absolute Gasteiger partial charge is 0.248 e. The molecule has 0 aliphatic carbocycles. The zero-order chi connectivity index (χ0) is 9.26. The molecule has 1 aromatic rings. The van der Waals surface area contributed by atoms with Gasteiger partial charge in [0.05, 0.1) is 0 Å². The van der Waals surface area contributed by atoms with Crippen molar-refractivity contribution in [2.24, 2.45) is 0 Å². The summed E-state index contributed by atoms with van der Waals surface area (Å²) in [6.45, 7) is 3.99. The third kappa shape index (κ3) is 1.80. The van der Waals surface area contributed by atoms with Gasteiger partial charge in [0, 0.05) is 18.3 Å². The number of aromatic amines is 1. The minimum atomic E-state index is 0.0156. The van der Waals surface area contributed by atoms with Crippen LogP contribution in [-0.2, 0) is 0 Å². The van der Waals surface area contributed by atoms with Gasteiger partial charge in [-0.15, -0.1) is 0 Å². The highest BCUT2D eigenvalue weighted by molar-refractivity contribution is 5.21. The van der Waals surface area contributed by atoms with Crippen molar-refractivity contribution in [3.63, 3.8) is 0 Å². The molecule has 0 aromatic carbocycles. The normalized spacial score (nSPS) is 22.1. The highest BCUT2D eigenvalue weighted by Crippen LogP contribution is 2.20. The quantitative estimate of drug-likeness (QED) is 0.667. The van der Waals surface area contributed by atoms with E-state index in [9.17, 15) is 4.79 Å². The zero-order valence-electron chi connectivity index (χ0n) is 7.76. The maximum absolute atomic E-state index is 11.2. The van der Waals surface area contributed by atoms with Crippen molar-refractivity contribution in [2.75, 3.05) is 13.1 Å². The fraction of sp³-hybridized carbons (Fsp3) is 0.500. The summed E-state index contributed by atoms with van der Waals surface area (Å²) in [6.07, 6.45) is 1.14. The van der Waals surface area contributed by atoms with E-state index in [1.165, 1.54) is 5.56 Å². The average molecular weight is 178 g/mol. The average Bonchev–Trinajstić information content (AvgIpc) is 2.53. The van der Waals surface area contributed by atoms with Gasteiger partial charge in [-0.3, -0.25) is 4.79 Å². The van der Waals surface area contributed by atoms with Gasteiger partial charge in [-0.2, -0.15) is 0 Å². The Kier molecular flexibility index (Phi) is 2.19. The number of rotatable bonds is 1. The molecule has 0 saturated carbocycles. The summed E-state index contributed by atoms with van der Waals surface area (Å²) in [7, 11) is 0. The molecule has 70 valence electrons. The SMILES string of the molecule is Cc1cc(C2CCNC2)cc(=O)[nH]1. The predicted molar refractivity (Wildman–Crippen MR) is 52.0 cm³/mol. The Morgan fingerprint density at radius 1 is 1.46 bits per heavy atom. The molecule has 0 amide bonds. The molecule has 0 spiro atoms. The molecule has 1 aromatic heterocycles. The van der Waals surface area contributed by atoms with Crippen LogP contribution in [0.3, 0.4) is 0 Å². The number of aryl methyl sites for hydroxylation is 1. The fourth-order valence-corrected chi connectivity index (χ4v) is 1.88. The number of nitrogens with one attached hydrogen (secondary N) is 2. The number of hydrogen-bond donors (Lipinski definition) is 2. The zero-order valence-corrected chi connectivity index (χ0v) is 7.76. The first-order valence-corrected chi connectivity index (χ1v) is 4.67. The van der Waals surface area contributed by atoms with Crippen LogP contribution >= 0.6 is 0 Å². The maximum Gasteiger partial charge on any atom is 0.248 e. The molecule has 1 aliphatic heterocycles. The number of H-pyrrole nitrogens is 1. The lowest BCUT2D eigenvalue weighted by Gasteiger charge is -2.08. The third-order valence-corrected chi connectivity index (χ3v) is 2.53. The third-order valence-electron chi connectivity index (χ3n) is 2.53. The Labute approximate surface area is 77.2 Å². The van der Waals surface area contributed by atoms with Crippen molar-refractivity contribution in [1.82, 2.24) is 10.3 Å². The molecule has 1 aliphatic rings. The van der Waals surface area contributed by atoms with Gasteiger partial charge in [0.2, 0.25) is 5.56 Å².